The molecule has 0 spiro atoms. The highest BCUT2D eigenvalue weighted by molar-refractivity contribution is 6.04. The zero-order valence-electron chi connectivity index (χ0n) is 15.3. The Morgan fingerprint density at radius 1 is 1.18 bits per heavy atom. The number of hydrogen-bond acceptors (Lipinski definition) is 5. The molecule has 1 amide bonds. The number of carbonyl (C=O) groups is 1. The number of carbonyl (C=O) groups excluding carboxylic acids is 1. The van der Waals surface area contributed by atoms with Crippen molar-refractivity contribution >= 4 is 22.9 Å². The van der Waals surface area contributed by atoms with Crippen molar-refractivity contribution < 1.29 is 4.79 Å². The summed E-state index contributed by atoms with van der Waals surface area (Å²) >= 11 is 0. The van der Waals surface area contributed by atoms with Gasteiger partial charge in [-0.15, -0.1) is 5.10 Å². The summed E-state index contributed by atoms with van der Waals surface area (Å²) in [6.07, 6.45) is 2.38. The number of benzene rings is 1. The lowest BCUT2D eigenvalue weighted by Gasteiger charge is -2.46. The highest BCUT2D eigenvalue weighted by Crippen LogP contribution is 2.27. The molecule has 2 aromatic heterocycles. The molecule has 28 heavy (non-hydrogen) atoms. The first-order valence-corrected chi connectivity index (χ1v) is 9.52. The Balaban J connectivity index is 1.47. The number of piperazine rings is 1. The minimum absolute atomic E-state index is 0.283. The van der Waals surface area contributed by atoms with Gasteiger partial charge >= 0.3 is 0 Å². The van der Waals surface area contributed by atoms with E-state index in [4.69, 9.17) is 5.10 Å². The topological polar surface area (TPSA) is 85.5 Å². The van der Waals surface area contributed by atoms with E-state index in [-0.39, 0.29) is 5.91 Å². The highest BCUT2D eigenvalue weighted by atomic mass is 16.2. The number of amides is 1. The van der Waals surface area contributed by atoms with Crippen LogP contribution in [0.15, 0.2) is 48.5 Å². The van der Waals surface area contributed by atoms with Gasteiger partial charge < -0.3 is 15.5 Å². The van der Waals surface area contributed by atoms with Gasteiger partial charge in [0.05, 0.1) is 16.8 Å². The van der Waals surface area contributed by atoms with Crippen LogP contribution in [0.4, 0.5) is 11.5 Å². The standard InChI is InChI=1S/C21H20N6O/c22-11-14-3-1-2-4-18(14)24-21(28)19-9-7-16-8-10-20(25-27(16)19)26-13-15-5-6-17(26)12-23-15/h1-4,7-10,15,17,23H,5-6,12-13H2,(H,24,28). The molecule has 5 heterocycles. The smallest absolute Gasteiger partial charge is 0.274 e. The van der Waals surface area contributed by atoms with E-state index >= 15 is 0 Å². The second-order valence-corrected chi connectivity index (χ2v) is 7.35. The van der Waals surface area contributed by atoms with Crippen LogP contribution in [-0.2, 0) is 0 Å². The van der Waals surface area contributed by atoms with Gasteiger partial charge in [-0.05, 0) is 49.2 Å². The molecule has 2 atom stereocenters. The fourth-order valence-corrected chi connectivity index (χ4v) is 4.17. The van der Waals surface area contributed by atoms with Crippen LogP contribution in [0.3, 0.4) is 0 Å². The van der Waals surface area contributed by atoms with E-state index in [1.54, 1.807) is 34.8 Å². The fourth-order valence-electron chi connectivity index (χ4n) is 4.17. The molecule has 1 aromatic carbocycles. The maximum absolute atomic E-state index is 12.9. The molecule has 140 valence electrons. The van der Waals surface area contributed by atoms with Crippen molar-refractivity contribution in [1.29, 1.82) is 5.26 Å². The fraction of sp³-hybridized carbons (Fsp3) is 0.286. The number of nitrogens with zero attached hydrogens (tertiary/aromatic N) is 4. The largest absolute Gasteiger partial charge is 0.349 e. The normalized spacial score (nSPS) is 20.9. The van der Waals surface area contributed by atoms with Crippen LogP contribution in [-0.4, -0.2) is 40.7 Å². The summed E-state index contributed by atoms with van der Waals surface area (Å²) in [7, 11) is 0. The van der Waals surface area contributed by atoms with E-state index in [0.29, 0.717) is 29.0 Å². The average Bonchev–Trinajstić information content (AvgIpc) is 3.18. The lowest BCUT2D eigenvalue weighted by molar-refractivity contribution is 0.102. The second kappa shape index (κ2) is 6.66. The minimum atomic E-state index is -0.283. The first kappa shape index (κ1) is 16.8. The van der Waals surface area contributed by atoms with Crippen molar-refractivity contribution in [2.75, 3.05) is 23.3 Å². The maximum atomic E-state index is 12.9. The molecule has 2 N–H and O–H groups in total. The summed E-state index contributed by atoms with van der Waals surface area (Å²) in [4.78, 5) is 15.2. The molecule has 3 fully saturated rings. The Hall–Kier alpha value is -3.37. The van der Waals surface area contributed by atoms with Crippen LogP contribution in [0.2, 0.25) is 0 Å². The van der Waals surface area contributed by atoms with E-state index in [1.165, 1.54) is 12.8 Å². The molecule has 0 aliphatic carbocycles. The molecule has 7 nitrogen and oxygen atoms in total. The maximum Gasteiger partial charge on any atom is 0.274 e. The van der Waals surface area contributed by atoms with Gasteiger partial charge in [-0.1, -0.05) is 12.1 Å². The number of nitriles is 1. The van der Waals surface area contributed by atoms with Crippen LogP contribution in [0, 0.1) is 11.3 Å². The third-order valence-corrected chi connectivity index (χ3v) is 5.66. The molecular weight excluding hydrogens is 352 g/mol. The van der Waals surface area contributed by atoms with Crippen LogP contribution in [0.5, 0.6) is 0 Å². The summed E-state index contributed by atoms with van der Waals surface area (Å²) in [5.41, 5.74) is 2.25. The van der Waals surface area contributed by atoms with Crippen LogP contribution in [0.25, 0.3) is 5.52 Å². The minimum Gasteiger partial charge on any atom is -0.349 e. The summed E-state index contributed by atoms with van der Waals surface area (Å²) in [6.45, 7) is 1.93. The molecule has 3 aliphatic rings. The van der Waals surface area contributed by atoms with Crippen LogP contribution >= 0.6 is 0 Å². The summed E-state index contributed by atoms with van der Waals surface area (Å²) in [6, 6.07) is 17.7. The summed E-state index contributed by atoms with van der Waals surface area (Å²) in [5.74, 6) is 0.612. The van der Waals surface area contributed by atoms with Crippen molar-refractivity contribution in [2.45, 2.75) is 24.9 Å². The quantitative estimate of drug-likeness (QED) is 0.737. The number of piperidine rings is 2. The Morgan fingerprint density at radius 2 is 2.04 bits per heavy atom. The Bertz CT molecular complexity index is 1090. The van der Waals surface area contributed by atoms with Crippen molar-refractivity contribution in [2.24, 2.45) is 0 Å². The SMILES string of the molecule is N#Cc1ccccc1NC(=O)c1ccc2ccc(N3CC4CCC3CN4)nn12. The molecule has 3 aliphatic heterocycles. The number of hydrogen-bond donors (Lipinski definition) is 2. The van der Waals surface area contributed by atoms with E-state index < -0.39 is 0 Å². The van der Waals surface area contributed by atoms with Crippen LogP contribution < -0.4 is 15.5 Å². The van der Waals surface area contributed by atoms with E-state index in [9.17, 15) is 10.1 Å². The molecule has 2 bridgehead atoms. The molecule has 3 aromatic rings. The molecular formula is C21H20N6O. The van der Waals surface area contributed by atoms with Crippen molar-refractivity contribution in [1.82, 2.24) is 14.9 Å². The molecule has 3 saturated heterocycles. The summed E-state index contributed by atoms with van der Waals surface area (Å²) in [5, 5.41) is 20.4. The van der Waals surface area contributed by atoms with Crippen LogP contribution in [0.1, 0.15) is 28.9 Å². The van der Waals surface area contributed by atoms with Crippen molar-refractivity contribution in [3.8, 4) is 6.07 Å². The third-order valence-electron chi connectivity index (χ3n) is 5.66. The zero-order chi connectivity index (χ0) is 19.1. The number of nitrogens with one attached hydrogen (secondary N) is 2. The molecule has 0 saturated carbocycles. The Kier molecular flexibility index (Phi) is 3.99. The van der Waals surface area contributed by atoms with Gasteiger partial charge in [0.25, 0.3) is 5.91 Å². The lowest BCUT2D eigenvalue weighted by atomic mass is 9.93. The highest BCUT2D eigenvalue weighted by Gasteiger charge is 2.34. The van der Waals surface area contributed by atoms with Gasteiger partial charge in [-0.3, -0.25) is 4.79 Å². The average molecular weight is 372 g/mol. The van der Waals surface area contributed by atoms with Crippen molar-refractivity contribution in [3.63, 3.8) is 0 Å². The van der Waals surface area contributed by atoms with E-state index in [0.717, 1.165) is 24.4 Å². The number of para-hydroxylation sites is 1. The first-order valence-electron chi connectivity index (χ1n) is 9.52. The Labute approximate surface area is 162 Å². The van der Waals surface area contributed by atoms with Crippen molar-refractivity contribution in [3.05, 3.63) is 59.8 Å². The third kappa shape index (κ3) is 2.79. The van der Waals surface area contributed by atoms with Gasteiger partial charge in [-0.2, -0.15) is 5.26 Å². The number of fused-ring (bicyclic) bond motifs is 4. The Morgan fingerprint density at radius 3 is 2.79 bits per heavy atom. The van der Waals surface area contributed by atoms with Gasteiger partial charge in [0.1, 0.15) is 17.6 Å². The number of anilines is 2. The van der Waals surface area contributed by atoms with E-state index in [1.807, 2.05) is 18.2 Å². The van der Waals surface area contributed by atoms with Gasteiger partial charge in [0.15, 0.2) is 0 Å². The molecule has 6 rings (SSSR count). The molecule has 2 unspecified atom stereocenters. The van der Waals surface area contributed by atoms with Gasteiger partial charge in [-0.25, -0.2) is 4.52 Å². The lowest BCUT2D eigenvalue weighted by Crippen LogP contribution is -2.61. The van der Waals surface area contributed by atoms with E-state index in [2.05, 4.69) is 21.6 Å². The zero-order valence-corrected chi connectivity index (χ0v) is 15.3. The predicted octanol–water partition coefficient (Wildman–Crippen LogP) is 2.40. The predicted molar refractivity (Wildman–Crippen MR) is 106 cm³/mol. The number of aromatic nitrogens is 2. The first-order chi connectivity index (χ1) is 13.7. The summed E-state index contributed by atoms with van der Waals surface area (Å²) < 4.78 is 1.69. The monoisotopic (exact) mass is 372 g/mol. The molecule has 7 heteroatoms. The molecule has 0 radical (unpaired) electrons. The van der Waals surface area contributed by atoms with Gasteiger partial charge in [0, 0.05) is 25.2 Å². The van der Waals surface area contributed by atoms with Gasteiger partial charge in [0.2, 0.25) is 0 Å². The number of rotatable bonds is 3. The second-order valence-electron chi connectivity index (χ2n) is 7.35.